The van der Waals surface area contributed by atoms with E-state index in [4.69, 9.17) is 14.2 Å². The van der Waals surface area contributed by atoms with Gasteiger partial charge in [0.05, 0.1) is 11.8 Å². The van der Waals surface area contributed by atoms with E-state index in [0.717, 1.165) is 22.4 Å². The molecule has 36 heavy (non-hydrogen) atoms. The molecule has 0 unspecified atom stereocenters. The molecule has 0 saturated heterocycles. The number of carboxylic acid groups (broad SMARTS) is 1. The highest BCUT2D eigenvalue weighted by atomic mass is 16.6. The summed E-state index contributed by atoms with van der Waals surface area (Å²) in [6, 6.07) is 9.90. The van der Waals surface area contributed by atoms with Gasteiger partial charge < -0.3 is 14.8 Å². The summed E-state index contributed by atoms with van der Waals surface area (Å²) in [5, 5.41) is 24.0. The van der Waals surface area contributed by atoms with E-state index >= 15 is 0 Å². The first-order valence-electron chi connectivity index (χ1n) is 10.8. The summed E-state index contributed by atoms with van der Waals surface area (Å²) in [6.45, 7) is 9.77. The lowest BCUT2D eigenvalue weighted by atomic mass is 10.1. The second-order valence-electron chi connectivity index (χ2n) is 7.85. The smallest absolute Gasteiger partial charge is 0.335 e. The maximum Gasteiger partial charge on any atom is 0.335 e. The molecule has 11 heteroatoms. The summed E-state index contributed by atoms with van der Waals surface area (Å²) >= 11 is 0. The van der Waals surface area contributed by atoms with Crippen molar-refractivity contribution in [2.24, 2.45) is 5.10 Å². The highest BCUT2D eigenvalue weighted by Gasteiger charge is 2.14. The number of furan rings is 1. The lowest BCUT2D eigenvalue weighted by Gasteiger charge is -2.14. The van der Waals surface area contributed by atoms with Crippen molar-refractivity contribution in [3.8, 4) is 11.3 Å². The second-order valence-corrected chi connectivity index (χ2v) is 7.85. The molecule has 0 fully saturated rings. The molecule has 3 N–H and O–H groups in total. The SMILES string of the molecule is C=C/C=C(/Nc1nc2nonc2nc1N/N=C/c1ccc(-c2ccc(C(=O)O)cc2)o1)C(C)=C(C)C. The minimum Gasteiger partial charge on any atom is -0.478 e. The van der Waals surface area contributed by atoms with Gasteiger partial charge in [0.15, 0.2) is 11.6 Å². The number of carbonyl (C=O) groups is 1. The largest absolute Gasteiger partial charge is 0.478 e. The number of carboxylic acids is 1. The standard InChI is InChI=1S/C25H23N7O4/c1-5-6-19(15(4)14(2)3)27-21-22(29-24-23(28-21)31-36-32-24)30-26-13-18-11-12-20(35-18)16-7-9-17(10-8-16)25(33)34/h5-13H,1H2,2-4H3,(H,33,34)(H,27,28,31)(H,29,30,32)/b19-6+,26-13+. The lowest BCUT2D eigenvalue weighted by molar-refractivity contribution is 0.0697. The van der Waals surface area contributed by atoms with Crippen LogP contribution in [0.2, 0.25) is 0 Å². The molecule has 182 valence electrons. The second kappa shape index (κ2) is 10.5. The minimum atomic E-state index is -0.987. The van der Waals surface area contributed by atoms with E-state index in [1.54, 1.807) is 30.3 Å². The highest BCUT2D eigenvalue weighted by Crippen LogP contribution is 2.25. The summed E-state index contributed by atoms with van der Waals surface area (Å²) in [6.07, 6.45) is 4.98. The number of nitrogens with one attached hydrogen (secondary N) is 2. The minimum absolute atomic E-state index is 0.201. The van der Waals surface area contributed by atoms with Crippen molar-refractivity contribution in [3.63, 3.8) is 0 Å². The first-order chi connectivity index (χ1) is 17.4. The summed E-state index contributed by atoms with van der Waals surface area (Å²) < 4.78 is 10.5. The van der Waals surface area contributed by atoms with Crippen LogP contribution in [0.1, 0.15) is 36.9 Å². The van der Waals surface area contributed by atoms with E-state index in [0.29, 0.717) is 23.2 Å². The summed E-state index contributed by atoms with van der Waals surface area (Å²) in [5.74, 6) is 0.713. The quantitative estimate of drug-likeness (QED) is 0.163. The fourth-order valence-electron chi connectivity index (χ4n) is 3.09. The Balaban J connectivity index is 1.56. The van der Waals surface area contributed by atoms with E-state index in [1.807, 2.05) is 26.8 Å². The van der Waals surface area contributed by atoms with Crippen molar-refractivity contribution in [2.75, 3.05) is 10.7 Å². The molecule has 4 rings (SSSR count). The number of rotatable bonds is 9. The fourth-order valence-corrected chi connectivity index (χ4v) is 3.09. The molecular formula is C25H23N7O4. The molecule has 0 saturated carbocycles. The van der Waals surface area contributed by atoms with Gasteiger partial charge in [0.1, 0.15) is 11.5 Å². The molecule has 11 nitrogen and oxygen atoms in total. The van der Waals surface area contributed by atoms with Gasteiger partial charge in [-0.3, -0.25) is 5.43 Å². The third-order valence-electron chi connectivity index (χ3n) is 5.21. The van der Waals surface area contributed by atoms with Crippen molar-refractivity contribution in [1.29, 1.82) is 0 Å². The van der Waals surface area contributed by atoms with Crippen LogP contribution >= 0.6 is 0 Å². The number of anilines is 2. The summed E-state index contributed by atoms with van der Waals surface area (Å²) in [7, 11) is 0. The molecule has 0 atom stereocenters. The molecule has 0 aliphatic rings. The van der Waals surface area contributed by atoms with Crippen LogP contribution in [0.3, 0.4) is 0 Å². The predicted octanol–water partition coefficient (Wildman–Crippen LogP) is 5.26. The van der Waals surface area contributed by atoms with E-state index in [9.17, 15) is 4.79 Å². The van der Waals surface area contributed by atoms with Crippen LogP contribution in [-0.2, 0) is 0 Å². The summed E-state index contributed by atoms with van der Waals surface area (Å²) in [4.78, 5) is 19.9. The number of hydrogen-bond acceptors (Lipinski definition) is 10. The number of aromatic nitrogens is 4. The van der Waals surface area contributed by atoms with Gasteiger partial charge in [-0.15, -0.1) is 0 Å². The van der Waals surface area contributed by atoms with Crippen LogP contribution in [0, 0.1) is 0 Å². The van der Waals surface area contributed by atoms with Crippen molar-refractivity contribution in [3.05, 3.63) is 83.3 Å². The Morgan fingerprint density at radius 2 is 1.72 bits per heavy atom. The number of aromatic carboxylic acids is 1. The number of benzene rings is 1. The van der Waals surface area contributed by atoms with Crippen molar-refractivity contribution >= 4 is 35.1 Å². The molecule has 0 bridgehead atoms. The third kappa shape index (κ3) is 5.36. The van der Waals surface area contributed by atoms with E-state index in [1.165, 1.54) is 18.3 Å². The molecule has 4 aromatic rings. The summed E-state index contributed by atoms with van der Waals surface area (Å²) in [5.41, 5.74) is 7.18. The monoisotopic (exact) mass is 485 g/mol. The van der Waals surface area contributed by atoms with Crippen LogP contribution in [0.25, 0.3) is 22.6 Å². The Hall–Kier alpha value is -5.06. The van der Waals surface area contributed by atoms with Crippen molar-refractivity contribution in [2.45, 2.75) is 20.8 Å². The number of fused-ring (bicyclic) bond motifs is 1. The molecule has 0 aliphatic carbocycles. The van der Waals surface area contributed by atoms with Gasteiger partial charge in [-0.05, 0) is 67.0 Å². The Morgan fingerprint density at radius 3 is 2.36 bits per heavy atom. The van der Waals surface area contributed by atoms with Crippen molar-refractivity contribution < 1.29 is 18.9 Å². The molecule has 1 aromatic carbocycles. The normalized spacial score (nSPS) is 11.6. The zero-order valence-corrected chi connectivity index (χ0v) is 19.8. The van der Waals surface area contributed by atoms with E-state index in [2.05, 4.69) is 42.7 Å². The Bertz CT molecular complexity index is 1510. The molecule has 0 radical (unpaired) electrons. The maximum atomic E-state index is 11.0. The first-order valence-corrected chi connectivity index (χ1v) is 10.8. The average molecular weight is 486 g/mol. The number of hydrazone groups is 1. The average Bonchev–Trinajstić information content (AvgIpc) is 3.52. The highest BCUT2D eigenvalue weighted by molar-refractivity contribution is 5.88. The van der Waals surface area contributed by atoms with E-state index < -0.39 is 5.97 Å². The molecule has 0 aliphatic heterocycles. The first kappa shape index (κ1) is 24.1. The van der Waals surface area contributed by atoms with Gasteiger partial charge in [-0.25, -0.2) is 14.4 Å². The van der Waals surface area contributed by atoms with Crippen LogP contribution in [0.5, 0.6) is 0 Å². The van der Waals surface area contributed by atoms with Crippen LogP contribution < -0.4 is 10.7 Å². The van der Waals surface area contributed by atoms with Crippen molar-refractivity contribution in [1.82, 2.24) is 20.3 Å². The number of hydrogen-bond donors (Lipinski definition) is 3. The Morgan fingerprint density at radius 1 is 1.03 bits per heavy atom. The van der Waals surface area contributed by atoms with Crippen LogP contribution in [-0.4, -0.2) is 37.6 Å². The number of allylic oxidation sites excluding steroid dienone is 4. The lowest BCUT2D eigenvalue weighted by Crippen LogP contribution is -2.08. The van der Waals surface area contributed by atoms with Gasteiger partial charge in [-0.2, -0.15) is 10.1 Å². The number of nitrogens with zero attached hydrogens (tertiary/aromatic N) is 5. The third-order valence-corrected chi connectivity index (χ3v) is 5.21. The Kier molecular flexibility index (Phi) is 7.00. The van der Waals surface area contributed by atoms with Crippen LogP contribution in [0.4, 0.5) is 11.6 Å². The molecule has 3 aromatic heterocycles. The van der Waals surface area contributed by atoms with Gasteiger partial charge >= 0.3 is 5.97 Å². The maximum absolute atomic E-state index is 11.0. The van der Waals surface area contributed by atoms with E-state index in [-0.39, 0.29) is 16.9 Å². The van der Waals surface area contributed by atoms with Crippen LogP contribution in [0.15, 0.2) is 86.1 Å². The fraction of sp³-hybridized carbons (Fsp3) is 0.120. The molecule has 0 spiro atoms. The topological polar surface area (TPSA) is 152 Å². The zero-order chi connectivity index (χ0) is 25.7. The Labute approximate surface area is 205 Å². The zero-order valence-electron chi connectivity index (χ0n) is 19.8. The van der Waals surface area contributed by atoms with Gasteiger partial charge in [0.2, 0.25) is 11.3 Å². The van der Waals surface area contributed by atoms with Gasteiger partial charge in [-0.1, -0.05) is 30.4 Å². The van der Waals surface area contributed by atoms with Gasteiger partial charge in [0, 0.05) is 11.3 Å². The van der Waals surface area contributed by atoms with Gasteiger partial charge in [0.25, 0.3) is 0 Å². The predicted molar refractivity (Wildman–Crippen MR) is 136 cm³/mol. The molecule has 3 heterocycles. The molecule has 0 amide bonds. The molecular weight excluding hydrogens is 462 g/mol.